The van der Waals surface area contributed by atoms with Crippen LogP contribution >= 0.6 is 0 Å². The number of methoxy groups -OCH3 is 1. The van der Waals surface area contributed by atoms with Gasteiger partial charge in [0.15, 0.2) is 0 Å². The number of carboxylic acids is 1. The van der Waals surface area contributed by atoms with Crippen molar-refractivity contribution in [3.63, 3.8) is 0 Å². The summed E-state index contributed by atoms with van der Waals surface area (Å²) in [5.41, 5.74) is 12.8. The van der Waals surface area contributed by atoms with Crippen molar-refractivity contribution in [3.8, 4) is 0 Å². The van der Waals surface area contributed by atoms with Crippen LogP contribution in [-0.2, 0) is 20.7 Å². The first-order valence-corrected chi connectivity index (χ1v) is 14.5. The molecule has 0 unspecified atom stereocenters. The number of esters is 1. The number of nitrogens with one attached hydrogen (secondary N) is 2. The highest BCUT2D eigenvalue weighted by Crippen LogP contribution is 2.50. The van der Waals surface area contributed by atoms with Crippen LogP contribution in [0, 0.1) is 13.8 Å². The fourth-order valence-electron chi connectivity index (χ4n) is 6.67. The summed E-state index contributed by atoms with van der Waals surface area (Å²) < 4.78 is 5.15. The highest BCUT2D eigenvalue weighted by Gasteiger charge is 2.47. The van der Waals surface area contributed by atoms with Crippen molar-refractivity contribution in [2.24, 2.45) is 0 Å². The van der Waals surface area contributed by atoms with Crippen LogP contribution < -0.4 is 0 Å². The highest BCUT2D eigenvalue weighted by atomic mass is 16.5. The Balaban J connectivity index is 1.87. The van der Waals surface area contributed by atoms with Crippen molar-refractivity contribution >= 4 is 62.4 Å². The van der Waals surface area contributed by atoms with Crippen LogP contribution in [0.1, 0.15) is 77.3 Å². The molecule has 0 saturated heterocycles. The number of carbonyl (C=O) groups is 2. The van der Waals surface area contributed by atoms with E-state index in [9.17, 15) is 19.8 Å². The van der Waals surface area contributed by atoms with Gasteiger partial charge in [0, 0.05) is 50.4 Å². The van der Waals surface area contributed by atoms with E-state index in [1.54, 1.807) is 0 Å². The van der Waals surface area contributed by atoms with E-state index in [0.717, 1.165) is 62.4 Å². The van der Waals surface area contributed by atoms with Crippen molar-refractivity contribution in [2.45, 2.75) is 53.1 Å². The lowest BCUT2D eigenvalue weighted by Crippen LogP contribution is -2.24. The molecule has 2 aliphatic heterocycles. The number of aliphatic hydroxyl groups excluding tert-OH is 1. The van der Waals surface area contributed by atoms with Gasteiger partial charge in [0.1, 0.15) is 5.92 Å². The molecule has 0 radical (unpaired) electrons. The Morgan fingerprint density at radius 3 is 2.25 bits per heavy atom. The van der Waals surface area contributed by atoms with Gasteiger partial charge in [0.05, 0.1) is 36.0 Å². The first kappa shape index (κ1) is 29.1. The molecule has 0 spiro atoms. The number of allylic oxidation sites excluding steroid dienone is 4. The summed E-state index contributed by atoms with van der Waals surface area (Å²) in [6.45, 7) is 14.0. The number of H-pyrrole nitrogens is 2. The number of aryl methyl sites for hydroxylation is 3. The normalized spacial score (nSPS) is 17.6. The van der Waals surface area contributed by atoms with E-state index in [-0.39, 0.29) is 0 Å². The second kappa shape index (κ2) is 10.6. The third-order valence-electron chi connectivity index (χ3n) is 9.06. The molecule has 0 amide bonds. The molecule has 3 aromatic heterocycles. The van der Waals surface area contributed by atoms with E-state index in [1.807, 2.05) is 39.0 Å². The monoisotopic (exact) mass is 590 g/mol. The van der Waals surface area contributed by atoms with Gasteiger partial charge in [0.25, 0.3) is 0 Å². The quantitative estimate of drug-likeness (QED) is 0.203. The molecule has 0 saturated carbocycles. The number of rotatable bonds is 5. The fraction of sp³-hybridized carbons (Fsp3) is 0.257. The summed E-state index contributed by atoms with van der Waals surface area (Å²) in [4.78, 5) is 41.9. The summed E-state index contributed by atoms with van der Waals surface area (Å²) in [7, 11) is 1.28. The number of carboxylic acid groups (broad SMARTS) is 1. The molecule has 9 nitrogen and oxygen atoms in total. The Bertz CT molecular complexity index is 2070. The second-order valence-corrected chi connectivity index (χ2v) is 11.3. The maximum Gasteiger partial charge on any atom is 0.328 e. The molecule has 3 aromatic rings. The number of hydrogen-bond acceptors (Lipinski definition) is 6. The molecule has 5 heterocycles. The third kappa shape index (κ3) is 4.26. The van der Waals surface area contributed by atoms with Gasteiger partial charge >= 0.3 is 11.9 Å². The standard InChI is InChI=1S/C35H34N4O5/c1-8-19-15(3)22-12-24-17(5)21(10-11-28(40)41)32(38-24)30-31(35(43)44-7)34(42)29-18(6)25(39-33(29)30)14-27-20(9-2)16(4)23(37-27)13-26(19)36-22/h8,10-14,31,34,36-37,42H,1,9H2,2-7H3,(H,40,41)/b11-10+,22-12?,23-13?,24-12?,25-14?,26-13?,27-14?,32-30?/t31-,34+/m1/s1. The van der Waals surface area contributed by atoms with Crippen molar-refractivity contribution < 1.29 is 24.5 Å². The van der Waals surface area contributed by atoms with E-state index in [0.29, 0.717) is 45.1 Å². The molecule has 9 heteroatoms. The summed E-state index contributed by atoms with van der Waals surface area (Å²) in [6, 6.07) is 5.97. The molecule has 0 fully saturated rings. The average Bonchev–Trinajstić information content (AvgIpc) is 3.72. The molecular formula is C35H34N4O5. The number of aromatic nitrogens is 4. The van der Waals surface area contributed by atoms with Crippen LogP contribution in [0.25, 0.3) is 50.4 Å². The van der Waals surface area contributed by atoms with Gasteiger partial charge < -0.3 is 24.9 Å². The van der Waals surface area contributed by atoms with Gasteiger partial charge in [-0.15, -0.1) is 0 Å². The van der Waals surface area contributed by atoms with E-state index in [4.69, 9.17) is 14.7 Å². The minimum absolute atomic E-state index is 0.378. The van der Waals surface area contributed by atoms with Crippen LogP contribution in [0.15, 0.2) is 36.9 Å². The number of carbonyl (C=O) groups excluding carboxylic acids is 1. The van der Waals surface area contributed by atoms with Crippen LogP contribution in [0.4, 0.5) is 0 Å². The lowest BCUT2D eigenvalue weighted by Gasteiger charge is -2.15. The van der Waals surface area contributed by atoms with Gasteiger partial charge in [-0.2, -0.15) is 0 Å². The Labute approximate surface area is 254 Å². The number of aromatic amines is 2. The number of aliphatic hydroxyl groups is 1. The molecule has 4 N–H and O–H groups in total. The molecule has 1 aliphatic carbocycles. The maximum atomic E-state index is 13.2. The lowest BCUT2D eigenvalue weighted by molar-refractivity contribution is -0.144. The number of aliphatic carboxylic acids is 1. The Morgan fingerprint density at radius 1 is 0.955 bits per heavy atom. The summed E-state index contributed by atoms with van der Waals surface area (Å²) in [6.07, 6.45) is 3.92. The van der Waals surface area contributed by atoms with Crippen LogP contribution in [0.3, 0.4) is 0 Å². The zero-order chi connectivity index (χ0) is 31.6. The molecule has 0 aromatic carbocycles. The Hall–Kier alpha value is -5.02. The molecule has 8 bridgehead atoms. The minimum atomic E-state index is -1.22. The lowest BCUT2D eigenvalue weighted by atomic mass is 9.94. The molecule has 224 valence electrons. The topological polar surface area (TPSA) is 141 Å². The van der Waals surface area contributed by atoms with Crippen molar-refractivity contribution in [1.29, 1.82) is 0 Å². The fourth-order valence-corrected chi connectivity index (χ4v) is 6.67. The third-order valence-corrected chi connectivity index (χ3v) is 9.06. The van der Waals surface area contributed by atoms with E-state index < -0.39 is 24.0 Å². The second-order valence-electron chi connectivity index (χ2n) is 11.3. The molecule has 3 aliphatic rings. The van der Waals surface area contributed by atoms with Gasteiger partial charge in [-0.05, 0) is 86.2 Å². The van der Waals surface area contributed by atoms with E-state index in [2.05, 4.69) is 36.5 Å². The van der Waals surface area contributed by atoms with E-state index >= 15 is 0 Å². The summed E-state index contributed by atoms with van der Waals surface area (Å²) in [5.74, 6) is -2.84. The van der Waals surface area contributed by atoms with Gasteiger partial charge in [-0.1, -0.05) is 19.6 Å². The van der Waals surface area contributed by atoms with Crippen molar-refractivity contribution in [3.05, 3.63) is 87.5 Å². The zero-order valence-corrected chi connectivity index (χ0v) is 25.5. The zero-order valence-electron chi connectivity index (χ0n) is 25.5. The van der Waals surface area contributed by atoms with Gasteiger partial charge in [0.2, 0.25) is 0 Å². The summed E-state index contributed by atoms with van der Waals surface area (Å²) in [5, 5.41) is 21.1. The molecule has 44 heavy (non-hydrogen) atoms. The number of ether oxygens (including phenoxy) is 1. The largest absolute Gasteiger partial charge is 0.478 e. The van der Waals surface area contributed by atoms with Crippen LogP contribution in [0.5, 0.6) is 0 Å². The number of hydrogen-bond donors (Lipinski definition) is 4. The predicted molar refractivity (Wildman–Crippen MR) is 172 cm³/mol. The maximum absolute atomic E-state index is 13.2. The smallest absolute Gasteiger partial charge is 0.328 e. The van der Waals surface area contributed by atoms with Crippen molar-refractivity contribution in [1.82, 2.24) is 19.9 Å². The Kier molecular flexibility index (Phi) is 7.01. The minimum Gasteiger partial charge on any atom is -0.478 e. The molecular weight excluding hydrogens is 556 g/mol. The van der Waals surface area contributed by atoms with Crippen LogP contribution in [0.2, 0.25) is 0 Å². The molecule has 6 rings (SSSR count). The number of nitrogens with zero attached hydrogens (tertiary/aromatic N) is 2. The Morgan fingerprint density at radius 2 is 1.59 bits per heavy atom. The van der Waals surface area contributed by atoms with Crippen LogP contribution in [-0.4, -0.2) is 55.3 Å². The highest BCUT2D eigenvalue weighted by molar-refractivity contribution is 6.06. The summed E-state index contributed by atoms with van der Waals surface area (Å²) >= 11 is 0. The number of fused-ring (bicyclic) bond motifs is 8. The van der Waals surface area contributed by atoms with Crippen molar-refractivity contribution in [2.75, 3.05) is 7.11 Å². The van der Waals surface area contributed by atoms with Gasteiger partial charge in [-0.3, -0.25) is 4.79 Å². The van der Waals surface area contributed by atoms with Gasteiger partial charge in [-0.25, -0.2) is 14.8 Å². The first-order chi connectivity index (χ1) is 21.0. The average molecular weight is 591 g/mol. The SMILES string of the molecule is C=Cc1c(C)c2cc3nc(c4c5nc(cc6[nH]c(cc1[nH]2)c(C)c6CC)C(C)=C5[C@H](O)[C@@H]4C(=O)OC)C(/C=C/C(=O)O)=C3C. The van der Waals surface area contributed by atoms with E-state index in [1.165, 1.54) is 13.2 Å². The molecule has 2 atom stereocenters. The predicted octanol–water partition coefficient (Wildman–Crippen LogP) is 6.27. The first-order valence-electron chi connectivity index (χ1n) is 14.5.